The van der Waals surface area contributed by atoms with E-state index in [0.29, 0.717) is 32.0 Å². The van der Waals surface area contributed by atoms with E-state index >= 15 is 0 Å². The number of benzene rings is 1. The van der Waals surface area contributed by atoms with Gasteiger partial charge in [-0.15, -0.1) is 0 Å². The van der Waals surface area contributed by atoms with Gasteiger partial charge in [0, 0.05) is 12.0 Å². The van der Waals surface area contributed by atoms with Crippen LogP contribution in [0.3, 0.4) is 0 Å². The van der Waals surface area contributed by atoms with Gasteiger partial charge in [0.1, 0.15) is 16.2 Å². The van der Waals surface area contributed by atoms with Crippen molar-refractivity contribution in [3.63, 3.8) is 0 Å². The molecule has 11 heteroatoms. The van der Waals surface area contributed by atoms with Gasteiger partial charge in [-0.3, -0.25) is 0 Å². The quantitative estimate of drug-likeness (QED) is 0.151. The van der Waals surface area contributed by atoms with E-state index in [9.17, 15) is 13.9 Å². The number of rotatable bonds is 8. The molecule has 0 aliphatic rings. The van der Waals surface area contributed by atoms with Gasteiger partial charge in [0.05, 0.1) is 15.4 Å². The first-order chi connectivity index (χ1) is 14.0. The number of thioether (sulfide) groups is 1. The largest absolute Gasteiger partial charge is 0.394 e. The molecular formula is C19H22F2IN5OS2. The Hall–Kier alpha value is -1.31. The van der Waals surface area contributed by atoms with Gasteiger partial charge in [-0.25, -0.2) is 23.7 Å². The molecule has 6 nitrogen and oxygen atoms in total. The van der Waals surface area contributed by atoms with Gasteiger partial charge in [0.15, 0.2) is 21.8 Å². The summed E-state index contributed by atoms with van der Waals surface area (Å²) in [6.07, 6.45) is 0.0883. The lowest BCUT2D eigenvalue weighted by atomic mass is 10.0. The van der Waals surface area contributed by atoms with Gasteiger partial charge < -0.3 is 16.2 Å². The van der Waals surface area contributed by atoms with E-state index in [0.717, 1.165) is 0 Å². The molecule has 0 radical (unpaired) electrons. The van der Waals surface area contributed by atoms with Crippen LogP contribution in [0.2, 0.25) is 0 Å². The Morgan fingerprint density at radius 3 is 2.60 bits per heavy atom. The number of aliphatic hydroxyl groups excluding tert-OH is 1. The fourth-order valence-corrected chi connectivity index (χ4v) is 5.59. The van der Waals surface area contributed by atoms with Crippen LogP contribution in [0, 0.1) is 5.82 Å². The first kappa shape index (κ1) is 23.4. The number of nitrogens with one attached hydrogen (secondary N) is 1. The monoisotopic (exact) mass is 565 g/mol. The number of halogens is 3. The van der Waals surface area contributed by atoms with E-state index in [4.69, 9.17) is 5.73 Å². The van der Waals surface area contributed by atoms with E-state index in [1.807, 2.05) is 6.92 Å². The molecule has 0 amide bonds. The molecule has 0 aliphatic heterocycles. The summed E-state index contributed by atoms with van der Waals surface area (Å²) in [6, 6.07) is 5.99. The zero-order chi connectivity index (χ0) is 22.1. The molecular weight excluding hydrogens is 543 g/mol. The maximum atomic E-state index is 14.3. The highest BCUT2D eigenvalue weighted by molar-refractivity contribution is 14.1. The van der Waals surface area contributed by atoms with Crippen LogP contribution in [0.1, 0.15) is 32.8 Å². The molecule has 4 N–H and O–H groups in total. The van der Waals surface area contributed by atoms with Crippen LogP contribution in [-0.2, 0) is 2.75 Å². The minimum absolute atomic E-state index is 0.0883. The number of nitrogen functional groups attached to an aromatic ring is 1. The maximum absolute atomic E-state index is 14.3. The number of hydrogen-bond donors (Lipinski definition) is 3. The van der Waals surface area contributed by atoms with Crippen LogP contribution < -0.4 is 11.1 Å². The number of anilines is 2. The van der Waals surface area contributed by atoms with Crippen molar-refractivity contribution in [1.82, 2.24) is 15.0 Å². The summed E-state index contributed by atoms with van der Waals surface area (Å²) in [6.45, 7) is 4.51. The van der Waals surface area contributed by atoms with Crippen molar-refractivity contribution in [2.45, 2.75) is 46.8 Å². The number of thiazole rings is 1. The average molecular weight is 565 g/mol. The van der Waals surface area contributed by atoms with Crippen LogP contribution in [0.15, 0.2) is 29.4 Å². The minimum Gasteiger partial charge on any atom is -0.394 e. The highest BCUT2D eigenvalue weighted by Crippen LogP contribution is 2.47. The first-order valence-corrected chi connectivity index (χ1v) is 11.8. The number of aliphatic hydroxyl groups is 1. The second-order valence-corrected chi connectivity index (χ2v) is 12.8. The van der Waals surface area contributed by atoms with Gasteiger partial charge in [0.25, 0.3) is 0 Å². The molecule has 3 aromatic rings. The van der Waals surface area contributed by atoms with E-state index in [-0.39, 0.29) is 18.8 Å². The lowest BCUT2D eigenvalue weighted by Gasteiger charge is -2.24. The van der Waals surface area contributed by atoms with Crippen molar-refractivity contribution in [1.29, 1.82) is 0 Å². The Kier molecular flexibility index (Phi) is 7.04. The fourth-order valence-electron chi connectivity index (χ4n) is 2.95. The molecule has 0 bridgehead atoms. The van der Waals surface area contributed by atoms with E-state index in [1.165, 1.54) is 43.0 Å². The topological polar surface area (TPSA) is 97.0 Å². The van der Waals surface area contributed by atoms with E-state index in [1.54, 1.807) is 18.2 Å². The minimum atomic E-state index is -1.47. The summed E-state index contributed by atoms with van der Waals surface area (Å²) in [7, 11) is 0. The van der Waals surface area contributed by atoms with Crippen LogP contribution in [-0.4, -0.2) is 38.4 Å². The fraction of sp³-hybridized carbons (Fsp3) is 0.421. The van der Waals surface area contributed by atoms with Gasteiger partial charge in [-0.05, 0) is 26.8 Å². The molecule has 162 valence electrons. The highest BCUT2D eigenvalue weighted by atomic mass is 127. The summed E-state index contributed by atoms with van der Waals surface area (Å²) >= 11 is 4.63. The van der Waals surface area contributed by atoms with Crippen molar-refractivity contribution >= 4 is 67.0 Å². The third-order valence-corrected chi connectivity index (χ3v) is 7.27. The van der Waals surface area contributed by atoms with Crippen molar-refractivity contribution in [3.8, 4) is 0 Å². The Balaban J connectivity index is 1.97. The molecule has 2 heterocycles. The molecule has 0 saturated carbocycles. The third kappa shape index (κ3) is 5.68. The van der Waals surface area contributed by atoms with Crippen molar-refractivity contribution in [2.24, 2.45) is 0 Å². The number of nitrogens with two attached hydrogens (primary N) is 1. The zero-order valence-corrected chi connectivity index (χ0v) is 20.4. The second kappa shape index (κ2) is 9.05. The number of alkyl halides is 2. The molecule has 2 aromatic heterocycles. The van der Waals surface area contributed by atoms with Crippen LogP contribution >= 0.6 is 45.7 Å². The lowest BCUT2D eigenvalue weighted by molar-refractivity contribution is 0.165. The van der Waals surface area contributed by atoms with Gasteiger partial charge in [-0.1, -0.05) is 63.9 Å². The average Bonchev–Trinajstić information content (AvgIpc) is 3.00. The number of fused-ring (bicyclic) bond motifs is 1. The summed E-state index contributed by atoms with van der Waals surface area (Å²) in [5.74, 6) is 0.102. The Morgan fingerprint density at radius 2 is 1.97 bits per heavy atom. The highest BCUT2D eigenvalue weighted by Gasteiger charge is 2.30. The summed E-state index contributed by atoms with van der Waals surface area (Å²) in [5, 5.41) is 13.5. The van der Waals surface area contributed by atoms with E-state index < -0.39 is 14.5 Å². The lowest BCUT2D eigenvalue weighted by Crippen LogP contribution is -2.31. The van der Waals surface area contributed by atoms with E-state index in [2.05, 4.69) is 42.9 Å². The summed E-state index contributed by atoms with van der Waals surface area (Å²) < 4.78 is 28.4. The normalized spacial score (nSPS) is 15.2. The first-order valence-electron chi connectivity index (χ1n) is 9.12. The standard InChI is InChI=1S/C19H22F2IN5OS2/c1-18(2,21)8-10(9-28)24-14-13-15(25-16(23)29-13)27-17(26-14)30-19(3,22)11-6-4-5-7-12(11)20/h4-7,10,28H,8-9H2,1-3H3,(H3,23,24,25,26,27)/t10-,19-/m1/s1. The Morgan fingerprint density at radius 1 is 1.27 bits per heavy atom. The maximum Gasteiger partial charge on any atom is 0.193 e. The van der Waals surface area contributed by atoms with Crippen molar-refractivity contribution in [2.75, 3.05) is 17.7 Å². The van der Waals surface area contributed by atoms with Crippen molar-refractivity contribution in [3.05, 3.63) is 35.6 Å². The SMILES string of the molecule is CC(C)(F)C[C@H](CO)Nc1nc(S[C@@](C)(I)c2ccccc2F)nc2nc(N)sc12. The summed E-state index contributed by atoms with van der Waals surface area (Å²) in [4.78, 5) is 13.3. The predicted molar refractivity (Wildman–Crippen MR) is 128 cm³/mol. The Labute approximate surface area is 195 Å². The van der Waals surface area contributed by atoms with Gasteiger partial charge in [0.2, 0.25) is 0 Å². The molecule has 0 aliphatic carbocycles. The third-order valence-electron chi connectivity index (χ3n) is 4.18. The molecule has 0 saturated heterocycles. The number of hydrogen-bond acceptors (Lipinski definition) is 8. The van der Waals surface area contributed by atoms with Crippen LogP contribution in [0.4, 0.5) is 19.7 Å². The second-order valence-electron chi connectivity index (χ2n) is 7.51. The predicted octanol–water partition coefficient (Wildman–Crippen LogP) is 5.12. The number of aromatic nitrogens is 3. The summed E-state index contributed by atoms with van der Waals surface area (Å²) in [5.41, 5.74) is 5.30. The molecule has 0 fully saturated rings. The van der Waals surface area contributed by atoms with Crippen LogP contribution in [0.5, 0.6) is 0 Å². The van der Waals surface area contributed by atoms with Crippen molar-refractivity contribution < 1.29 is 13.9 Å². The smallest absolute Gasteiger partial charge is 0.193 e. The molecule has 30 heavy (non-hydrogen) atoms. The van der Waals surface area contributed by atoms with Crippen LogP contribution in [0.25, 0.3) is 10.3 Å². The Bertz CT molecular complexity index is 1040. The molecule has 3 rings (SSSR count). The van der Waals surface area contributed by atoms with Gasteiger partial charge in [-0.2, -0.15) is 0 Å². The molecule has 2 atom stereocenters. The zero-order valence-electron chi connectivity index (χ0n) is 16.6. The molecule has 0 unspecified atom stereocenters. The molecule has 0 spiro atoms. The molecule has 1 aromatic carbocycles. The number of nitrogens with zero attached hydrogens (tertiary/aromatic N) is 3. The van der Waals surface area contributed by atoms with Gasteiger partial charge >= 0.3 is 0 Å².